The van der Waals surface area contributed by atoms with Gasteiger partial charge in [0.05, 0.1) is 7.11 Å². The lowest BCUT2D eigenvalue weighted by Crippen LogP contribution is -2.39. The first-order chi connectivity index (χ1) is 13.0. The predicted octanol–water partition coefficient (Wildman–Crippen LogP) is 2.40. The Bertz CT molecular complexity index is 920. The third-order valence-corrected chi connectivity index (χ3v) is 5.96. The van der Waals surface area contributed by atoms with E-state index in [2.05, 4.69) is 5.32 Å². The van der Waals surface area contributed by atoms with Crippen LogP contribution in [-0.4, -0.2) is 43.1 Å². The minimum Gasteiger partial charge on any atom is -0.497 e. The van der Waals surface area contributed by atoms with Crippen LogP contribution in [0.25, 0.3) is 11.0 Å². The average Bonchev–Trinajstić information content (AvgIpc) is 2.99. The molecule has 1 aromatic carbocycles. The van der Waals surface area contributed by atoms with Crippen molar-refractivity contribution in [3.05, 3.63) is 39.7 Å². The van der Waals surface area contributed by atoms with E-state index in [1.165, 1.54) is 6.42 Å². The zero-order valence-corrected chi connectivity index (χ0v) is 15.9. The van der Waals surface area contributed by atoms with Gasteiger partial charge in [-0.15, -0.1) is 0 Å². The van der Waals surface area contributed by atoms with Gasteiger partial charge in [0.1, 0.15) is 11.3 Å². The van der Waals surface area contributed by atoms with Gasteiger partial charge in [0.15, 0.2) is 0 Å². The molecule has 2 aliphatic heterocycles. The SMILES string of the molecule is COc1ccc2c(C)c(CCC(=O)N3CCC4CCC(C3)N4)c(=O)oc2c1. The van der Waals surface area contributed by atoms with Crippen molar-refractivity contribution in [1.29, 1.82) is 0 Å². The molecule has 2 bridgehead atoms. The average molecular weight is 370 g/mol. The highest BCUT2D eigenvalue weighted by Crippen LogP contribution is 2.25. The molecular formula is C21H26N2O4. The van der Waals surface area contributed by atoms with E-state index < -0.39 is 0 Å². The van der Waals surface area contributed by atoms with Crippen LogP contribution in [0, 0.1) is 6.92 Å². The molecule has 2 aromatic rings. The summed E-state index contributed by atoms with van der Waals surface area (Å²) >= 11 is 0. The van der Waals surface area contributed by atoms with Gasteiger partial charge >= 0.3 is 5.63 Å². The van der Waals surface area contributed by atoms with E-state index in [9.17, 15) is 9.59 Å². The van der Waals surface area contributed by atoms with Gasteiger partial charge in [-0.3, -0.25) is 4.79 Å². The number of carbonyl (C=O) groups excluding carboxylic acids is 1. The van der Waals surface area contributed by atoms with Crippen molar-refractivity contribution in [3.8, 4) is 5.75 Å². The van der Waals surface area contributed by atoms with E-state index in [0.29, 0.717) is 41.8 Å². The van der Waals surface area contributed by atoms with Crippen LogP contribution >= 0.6 is 0 Å². The Kier molecular flexibility index (Phi) is 4.91. The van der Waals surface area contributed by atoms with Gasteiger partial charge in [0.2, 0.25) is 5.91 Å². The fourth-order valence-electron chi connectivity index (χ4n) is 4.35. The van der Waals surface area contributed by atoms with Gasteiger partial charge in [-0.25, -0.2) is 4.79 Å². The number of nitrogens with one attached hydrogen (secondary N) is 1. The summed E-state index contributed by atoms with van der Waals surface area (Å²) in [7, 11) is 1.58. The zero-order valence-electron chi connectivity index (χ0n) is 15.9. The van der Waals surface area contributed by atoms with Gasteiger partial charge in [0.25, 0.3) is 0 Å². The monoisotopic (exact) mass is 370 g/mol. The molecule has 0 spiro atoms. The van der Waals surface area contributed by atoms with Crippen molar-refractivity contribution in [2.75, 3.05) is 20.2 Å². The third-order valence-electron chi connectivity index (χ3n) is 5.96. The van der Waals surface area contributed by atoms with Crippen LogP contribution in [0.2, 0.25) is 0 Å². The number of amides is 1. The topological polar surface area (TPSA) is 71.8 Å². The number of methoxy groups -OCH3 is 1. The first-order valence-electron chi connectivity index (χ1n) is 9.69. The fourth-order valence-corrected chi connectivity index (χ4v) is 4.35. The molecule has 4 rings (SSSR count). The summed E-state index contributed by atoms with van der Waals surface area (Å²) in [6.07, 6.45) is 4.12. The lowest BCUT2D eigenvalue weighted by Gasteiger charge is -2.24. The zero-order chi connectivity index (χ0) is 19.0. The summed E-state index contributed by atoms with van der Waals surface area (Å²) in [5.74, 6) is 0.773. The summed E-state index contributed by atoms with van der Waals surface area (Å²) in [4.78, 5) is 27.1. The number of ether oxygens (including phenoxy) is 1. The number of fused-ring (bicyclic) bond motifs is 3. The van der Waals surface area contributed by atoms with Crippen molar-refractivity contribution in [2.45, 2.75) is 51.1 Å². The summed E-state index contributed by atoms with van der Waals surface area (Å²) < 4.78 is 10.7. The van der Waals surface area contributed by atoms with Crippen LogP contribution in [-0.2, 0) is 11.2 Å². The smallest absolute Gasteiger partial charge is 0.339 e. The summed E-state index contributed by atoms with van der Waals surface area (Å²) in [6, 6.07) is 6.44. The maximum atomic E-state index is 12.7. The molecule has 3 heterocycles. The number of likely N-dealkylation sites (tertiary alicyclic amines) is 1. The summed E-state index contributed by atoms with van der Waals surface area (Å²) in [5, 5.41) is 4.47. The highest BCUT2D eigenvalue weighted by Gasteiger charge is 2.31. The fraction of sp³-hybridized carbons (Fsp3) is 0.524. The molecule has 6 nitrogen and oxygen atoms in total. The number of carbonyl (C=O) groups is 1. The van der Waals surface area contributed by atoms with E-state index in [-0.39, 0.29) is 11.5 Å². The van der Waals surface area contributed by atoms with Crippen LogP contribution in [0.5, 0.6) is 5.75 Å². The molecule has 144 valence electrons. The molecule has 1 N–H and O–H groups in total. The largest absolute Gasteiger partial charge is 0.497 e. The molecule has 2 saturated heterocycles. The molecule has 6 heteroatoms. The number of nitrogens with zero attached hydrogens (tertiary/aromatic N) is 1. The molecule has 1 amide bonds. The Morgan fingerprint density at radius 1 is 1.30 bits per heavy atom. The molecule has 0 radical (unpaired) electrons. The van der Waals surface area contributed by atoms with E-state index >= 15 is 0 Å². The van der Waals surface area contributed by atoms with Crippen molar-refractivity contribution < 1.29 is 13.9 Å². The molecule has 2 aliphatic rings. The number of hydrogen-bond acceptors (Lipinski definition) is 5. The van der Waals surface area contributed by atoms with Gasteiger partial charge in [-0.05, 0) is 50.3 Å². The van der Waals surface area contributed by atoms with Gasteiger partial charge in [0, 0.05) is 48.6 Å². The highest BCUT2D eigenvalue weighted by atomic mass is 16.5. The van der Waals surface area contributed by atoms with E-state index in [4.69, 9.17) is 9.15 Å². The van der Waals surface area contributed by atoms with Crippen LogP contribution < -0.4 is 15.7 Å². The second-order valence-corrected chi connectivity index (χ2v) is 7.62. The first kappa shape index (κ1) is 18.0. The second kappa shape index (κ2) is 7.35. The first-order valence-corrected chi connectivity index (χ1v) is 9.69. The minimum absolute atomic E-state index is 0.123. The number of rotatable bonds is 4. The quantitative estimate of drug-likeness (QED) is 0.837. The molecule has 27 heavy (non-hydrogen) atoms. The van der Waals surface area contributed by atoms with Crippen molar-refractivity contribution in [2.24, 2.45) is 0 Å². The maximum Gasteiger partial charge on any atom is 0.339 e. The maximum absolute atomic E-state index is 12.7. The molecule has 0 aliphatic carbocycles. The Morgan fingerprint density at radius 3 is 2.93 bits per heavy atom. The number of benzene rings is 1. The van der Waals surface area contributed by atoms with Crippen molar-refractivity contribution in [1.82, 2.24) is 10.2 Å². The van der Waals surface area contributed by atoms with E-state index in [1.807, 2.05) is 24.0 Å². The summed E-state index contributed by atoms with van der Waals surface area (Å²) in [5.41, 5.74) is 1.63. The van der Waals surface area contributed by atoms with Crippen LogP contribution in [0.3, 0.4) is 0 Å². The summed E-state index contributed by atoms with van der Waals surface area (Å²) in [6.45, 7) is 3.50. The molecule has 2 unspecified atom stereocenters. The highest BCUT2D eigenvalue weighted by molar-refractivity contribution is 5.82. The van der Waals surface area contributed by atoms with Crippen molar-refractivity contribution >= 4 is 16.9 Å². The van der Waals surface area contributed by atoms with Gasteiger partial charge in [-0.1, -0.05) is 0 Å². The Hall–Kier alpha value is -2.34. The lowest BCUT2D eigenvalue weighted by atomic mass is 10.0. The lowest BCUT2D eigenvalue weighted by molar-refractivity contribution is -0.131. The number of aryl methyl sites for hydroxylation is 1. The minimum atomic E-state index is -0.363. The molecule has 2 atom stereocenters. The molecule has 1 aromatic heterocycles. The van der Waals surface area contributed by atoms with E-state index in [0.717, 1.165) is 36.9 Å². The van der Waals surface area contributed by atoms with Gasteiger partial charge < -0.3 is 19.4 Å². The van der Waals surface area contributed by atoms with Crippen LogP contribution in [0.4, 0.5) is 0 Å². The molecule has 0 saturated carbocycles. The second-order valence-electron chi connectivity index (χ2n) is 7.62. The van der Waals surface area contributed by atoms with Gasteiger partial charge in [-0.2, -0.15) is 0 Å². The Labute approximate surface area is 158 Å². The van der Waals surface area contributed by atoms with Crippen LogP contribution in [0.15, 0.2) is 27.4 Å². The Balaban J connectivity index is 1.50. The number of hydrogen-bond donors (Lipinski definition) is 1. The third kappa shape index (κ3) is 3.58. The standard InChI is InChI=1S/C21H26N2O4/c1-13-17-6-5-16(26-2)11-19(17)27-21(25)18(13)7-8-20(24)23-10-9-14-3-4-15(12-23)22-14/h5-6,11,14-15,22H,3-4,7-10,12H2,1-2H3. The molecular weight excluding hydrogens is 344 g/mol. The Morgan fingerprint density at radius 2 is 2.11 bits per heavy atom. The van der Waals surface area contributed by atoms with Crippen LogP contribution in [0.1, 0.15) is 36.8 Å². The predicted molar refractivity (Wildman–Crippen MR) is 103 cm³/mol. The normalized spacial score (nSPS) is 22.1. The van der Waals surface area contributed by atoms with E-state index in [1.54, 1.807) is 13.2 Å². The molecule has 2 fully saturated rings. The van der Waals surface area contributed by atoms with Crippen molar-refractivity contribution in [3.63, 3.8) is 0 Å².